The first-order valence-corrected chi connectivity index (χ1v) is 6.89. The molecule has 0 aromatic carbocycles. The molecule has 4 nitrogen and oxygen atoms in total. The summed E-state index contributed by atoms with van der Waals surface area (Å²) in [6.45, 7) is 3.36. The van der Waals surface area contributed by atoms with Gasteiger partial charge in [0, 0.05) is 26.1 Å². The summed E-state index contributed by atoms with van der Waals surface area (Å²) in [5.41, 5.74) is 5.68. The molecule has 0 aromatic heterocycles. The van der Waals surface area contributed by atoms with E-state index in [0.29, 0.717) is 30.9 Å². The number of piperidine rings is 1. The molecule has 0 aromatic rings. The Bertz CT molecular complexity index is 257. The number of halogens is 1. The fourth-order valence-corrected chi connectivity index (χ4v) is 2.80. The third-order valence-corrected chi connectivity index (χ3v) is 3.91. The van der Waals surface area contributed by atoms with Crippen molar-refractivity contribution in [3.63, 3.8) is 0 Å². The maximum absolute atomic E-state index is 12.0. The summed E-state index contributed by atoms with van der Waals surface area (Å²) in [7, 11) is 0. The highest BCUT2D eigenvalue weighted by molar-refractivity contribution is 5.85. The molecule has 0 aliphatic carbocycles. The molecule has 2 aliphatic heterocycles. The lowest BCUT2D eigenvalue weighted by Crippen LogP contribution is -2.42. The van der Waals surface area contributed by atoms with Gasteiger partial charge in [0.25, 0.3) is 0 Å². The van der Waals surface area contributed by atoms with Crippen molar-refractivity contribution in [3.8, 4) is 0 Å². The van der Waals surface area contributed by atoms with Crippen molar-refractivity contribution in [2.24, 2.45) is 11.7 Å². The zero-order valence-corrected chi connectivity index (χ0v) is 11.8. The molecule has 0 saturated carbocycles. The lowest BCUT2D eigenvalue weighted by Gasteiger charge is -2.32. The molecule has 106 valence electrons. The van der Waals surface area contributed by atoms with E-state index >= 15 is 0 Å². The van der Waals surface area contributed by atoms with Crippen LogP contribution >= 0.6 is 12.4 Å². The molecule has 2 N–H and O–H groups in total. The summed E-state index contributed by atoms with van der Waals surface area (Å²) in [5.74, 6) is 0.800. The number of likely N-dealkylation sites (tertiary alicyclic amines) is 1. The smallest absolute Gasteiger partial charge is 0.222 e. The van der Waals surface area contributed by atoms with Crippen LogP contribution in [-0.4, -0.2) is 43.2 Å². The van der Waals surface area contributed by atoms with Gasteiger partial charge in [0.2, 0.25) is 5.91 Å². The van der Waals surface area contributed by atoms with E-state index in [9.17, 15) is 4.79 Å². The summed E-state index contributed by atoms with van der Waals surface area (Å²) in [5, 5.41) is 0. The summed E-state index contributed by atoms with van der Waals surface area (Å²) in [4.78, 5) is 14.0. The van der Waals surface area contributed by atoms with Crippen LogP contribution in [0.2, 0.25) is 0 Å². The van der Waals surface area contributed by atoms with Gasteiger partial charge in [0.1, 0.15) is 0 Å². The number of ether oxygens (including phenoxy) is 1. The Kier molecular flexibility index (Phi) is 6.97. The Hall–Kier alpha value is -0.320. The highest BCUT2D eigenvalue weighted by Gasteiger charge is 2.24. The van der Waals surface area contributed by atoms with Gasteiger partial charge in [-0.15, -0.1) is 12.4 Å². The molecule has 2 aliphatic rings. The van der Waals surface area contributed by atoms with Gasteiger partial charge in [-0.1, -0.05) is 0 Å². The highest BCUT2D eigenvalue weighted by atomic mass is 35.5. The topological polar surface area (TPSA) is 55.6 Å². The molecule has 5 heteroatoms. The zero-order chi connectivity index (χ0) is 12.1. The first-order chi connectivity index (χ1) is 8.29. The number of nitrogens with two attached hydrogens (primary N) is 1. The fraction of sp³-hybridized carbons (Fsp3) is 0.923. The van der Waals surface area contributed by atoms with Crippen LogP contribution in [0.3, 0.4) is 0 Å². The van der Waals surface area contributed by atoms with Crippen LogP contribution in [0, 0.1) is 5.92 Å². The van der Waals surface area contributed by atoms with E-state index < -0.39 is 0 Å². The Morgan fingerprint density at radius 1 is 1.33 bits per heavy atom. The number of carbonyl (C=O) groups is 1. The number of nitrogens with zero attached hydrogens (tertiary/aromatic N) is 1. The Labute approximate surface area is 116 Å². The van der Waals surface area contributed by atoms with Gasteiger partial charge in [-0.2, -0.15) is 0 Å². The van der Waals surface area contributed by atoms with Gasteiger partial charge < -0.3 is 15.4 Å². The third kappa shape index (κ3) is 4.41. The number of hydrogen-bond donors (Lipinski definition) is 1. The van der Waals surface area contributed by atoms with Crippen molar-refractivity contribution in [2.75, 3.05) is 26.2 Å². The molecular weight excluding hydrogens is 252 g/mol. The maximum Gasteiger partial charge on any atom is 0.222 e. The molecule has 2 rings (SSSR count). The maximum atomic E-state index is 12.0. The molecule has 2 fully saturated rings. The van der Waals surface area contributed by atoms with Crippen molar-refractivity contribution in [1.82, 2.24) is 4.90 Å². The average Bonchev–Trinajstić information content (AvgIpc) is 2.89. The van der Waals surface area contributed by atoms with Crippen LogP contribution in [0.1, 0.15) is 38.5 Å². The van der Waals surface area contributed by atoms with Gasteiger partial charge in [0.05, 0.1) is 6.10 Å². The molecule has 2 heterocycles. The quantitative estimate of drug-likeness (QED) is 0.848. The van der Waals surface area contributed by atoms with Crippen molar-refractivity contribution in [2.45, 2.75) is 44.6 Å². The Morgan fingerprint density at radius 3 is 2.83 bits per heavy atom. The molecular formula is C13H25ClN2O2. The van der Waals surface area contributed by atoms with E-state index in [0.717, 1.165) is 45.4 Å². The minimum absolute atomic E-state index is 0. The number of carbonyl (C=O) groups excluding carboxylic acids is 1. The van der Waals surface area contributed by atoms with Gasteiger partial charge in [-0.25, -0.2) is 0 Å². The molecule has 0 radical (unpaired) electrons. The first kappa shape index (κ1) is 15.7. The third-order valence-electron chi connectivity index (χ3n) is 3.91. The van der Waals surface area contributed by atoms with E-state index in [4.69, 9.17) is 10.5 Å². The average molecular weight is 277 g/mol. The van der Waals surface area contributed by atoms with Crippen LogP contribution in [-0.2, 0) is 9.53 Å². The predicted molar refractivity (Wildman–Crippen MR) is 73.8 cm³/mol. The molecule has 2 atom stereocenters. The zero-order valence-electron chi connectivity index (χ0n) is 11.0. The second kappa shape index (κ2) is 7.97. The Morgan fingerprint density at radius 2 is 2.17 bits per heavy atom. The summed E-state index contributed by atoms with van der Waals surface area (Å²) < 4.78 is 5.54. The van der Waals surface area contributed by atoms with Crippen LogP contribution in [0.25, 0.3) is 0 Å². The van der Waals surface area contributed by atoms with Crippen molar-refractivity contribution < 1.29 is 9.53 Å². The molecule has 2 saturated heterocycles. The molecule has 0 bridgehead atoms. The van der Waals surface area contributed by atoms with E-state index in [1.807, 2.05) is 4.90 Å². The normalized spacial score (nSPS) is 27.9. The van der Waals surface area contributed by atoms with Gasteiger partial charge in [-0.3, -0.25) is 4.79 Å². The monoisotopic (exact) mass is 276 g/mol. The molecule has 0 spiro atoms. The minimum atomic E-state index is 0. The van der Waals surface area contributed by atoms with Crippen LogP contribution in [0.5, 0.6) is 0 Å². The van der Waals surface area contributed by atoms with Crippen molar-refractivity contribution in [1.29, 1.82) is 0 Å². The molecule has 18 heavy (non-hydrogen) atoms. The van der Waals surface area contributed by atoms with E-state index in [2.05, 4.69) is 0 Å². The van der Waals surface area contributed by atoms with Crippen LogP contribution < -0.4 is 5.73 Å². The van der Waals surface area contributed by atoms with Gasteiger partial charge >= 0.3 is 0 Å². The first-order valence-electron chi connectivity index (χ1n) is 6.89. The van der Waals surface area contributed by atoms with E-state index in [1.165, 1.54) is 6.42 Å². The lowest BCUT2D eigenvalue weighted by molar-refractivity contribution is -0.133. The van der Waals surface area contributed by atoms with Gasteiger partial charge in [-0.05, 0) is 44.6 Å². The number of rotatable bonds is 4. The molecule has 2 unspecified atom stereocenters. The predicted octanol–water partition coefficient (Wildman–Crippen LogP) is 1.56. The highest BCUT2D eigenvalue weighted by Crippen LogP contribution is 2.20. The van der Waals surface area contributed by atoms with Crippen molar-refractivity contribution >= 4 is 18.3 Å². The van der Waals surface area contributed by atoms with E-state index in [1.54, 1.807) is 0 Å². The fourth-order valence-electron chi connectivity index (χ4n) is 2.80. The lowest BCUT2D eigenvalue weighted by atomic mass is 9.98. The standard InChI is InChI=1S/C13H24N2O2.ClH/c14-9-11-3-1-7-15(10-11)13(16)6-5-12-4-2-8-17-12;/h11-12H,1-10,14H2;1H. The van der Waals surface area contributed by atoms with Crippen LogP contribution in [0.15, 0.2) is 0 Å². The largest absolute Gasteiger partial charge is 0.378 e. The summed E-state index contributed by atoms with van der Waals surface area (Å²) in [6, 6.07) is 0. The summed E-state index contributed by atoms with van der Waals surface area (Å²) >= 11 is 0. The summed E-state index contributed by atoms with van der Waals surface area (Å²) in [6.07, 6.45) is 6.41. The Balaban J connectivity index is 0.00000162. The second-order valence-electron chi connectivity index (χ2n) is 5.26. The SMILES string of the molecule is Cl.NCC1CCCN(C(=O)CCC2CCCO2)C1. The van der Waals surface area contributed by atoms with Crippen molar-refractivity contribution in [3.05, 3.63) is 0 Å². The van der Waals surface area contributed by atoms with Gasteiger partial charge in [0.15, 0.2) is 0 Å². The minimum Gasteiger partial charge on any atom is -0.378 e. The molecule has 1 amide bonds. The van der Waals surface area contributed by atoms with E-state index in [-0.39, 0.29) is 12.4 Å². The number of amides is 1. The number of hydrogen-bond acceptors (Lipinski definition) is 3. The van der Waals surface area contributed by atoms with Crippen LogP contribution in [0.4, 0.5) is 0 Å². The second-order valence-corrected chi connectivity index (χ2v) is 5.26.